The maximum Gasteiger partial charge on any atom is 0.157 e. The minimum Gasteiger partial charge on any atom is -0.381 e. The predicted octanol–water partition coefficient (Wildman–Crippen LogP) is 3.76. The lowest BCUT2D eigenvalue weighted by molar-refractivity contribution is -0.137. The Morgan fingerprint density at radius 2 is 1.79 bits per heavy atom. The second-order valence-electron chi connectivity index (χ2n) is 6.14. The average molecular weight is 270 g/mol. The van der Waals surface area contributed by atoms with Crippen LogP contribution in [0.5, 0.6) is 0 Å². The highest BCUT2D eigenvalue weighted by Crippen LogP contribution is 2.32. The smallest absolute Gasteiger partial charge is 0.157 e. The van der Waals surface area contributed by atoms with Crippen LogP contribution >= 0.6 is 0 Å². The minimum absolute atomic E-state index is 0.0346. The van der Waals surface area contributed by atoms with Crippen LogP contribution in [0.25, 0.3) is 0 Å². The van der Waals surface area contributed by atoms with Crippen molar-refractivity contribution in [3.8, 4) is 0 Å². The Balaban J connectivity index is 1.42. The molecule has 0 aromatic carbocycles. The van der Waals surface area contributed by atoms with Crippen molar-refractivity contribution in [1.82, 2.24) is 0 Å². The Labute approximate surface area is 118 Å². The van der Waals surface area contributed by atoms with E-state index in [0.717, 1.165) is 44.5 Å². The molecule has 0 aromatic rings. The van der Waals surface area contributed by atoms with E-state index in [2.05, 4.69) is 0 Å². The molecule has 112 valence electrons. The highest BCUT2D eigenvalue weighted by Gasteiger charge is 2.20. The second-order valence-corrected chi connectivity index (χ2v) is 6.14. The Morgan fingerprint density at radius 1 is 1.00 bits per heavy atom. The first-order chi connectivity index (χ1) is 9.38. The van der Waals surface area contributed by atoms with Crippen LogP contribution in [0, 0.1) is 11.8 Å². The van der Waals surface area contributed by atoms with E-state index in [1.165, 1.54) is 44.9 Å². The van der Waals surface area contributed by atoms with Gasteiger partial charge in [0.05, 0.1) is 6.61 Å². The zero-order valence-corrected chi connectivity index (χ0v) is 12.4. The van der Waals surface area contributed by atoms with Crippen molar-refractivity contribution in [2.75, 3.05) is 26.9 Å². The summed E-state index contributed by atoms with van der Waals surface area (Å²) in [5.74, 6) is 1.74. The third kappa shape index (κ3) is 6.73. The van der Waals surface area contributed by atoms with Crippen LogP contribution in [0.1, 0.15) is 57.8 Å². The predicted molar refractivity (Wildman–Crippen MR) is 76.1 cm³/mol. The van der Waals surface area contributed by atoms with Gasteiger partial charge in [-0.25, -0.2) is 0 Å². The molecule has 1 unspecified atom stereocenters. The van der Waals surface area contributed by atoms with E-state index in [4.69, 9.17) is 14.2 Å². The molecular formula is C16H30O3. The Hall–Kier alpha value is -0.120. The summed E-state index contributed by atoms with van der Waals surface area (Å²) in [7, 11) is 1.74. The number of ether oxygens (including phenoxy) is 3. The van der Waals surface area contributed by atoms with Gasteiger partial charge in [-0.15, -0.1) is 0 Å². The van der Waals surface area contributed by atoms with Crippen molar-refractivity contribution in [1.29, 1.82) is 0 Å². The summed E-state index contributed by atoms with van der Waals surface area (Å²) in [6.45, 7) is 2.66. The lowest BCUT2D eigenvalue weighted by atomic mass is 10.1. The molecule has 2 aliphatic carbocycles. The maximum atomic E-state index is 5.85. The van der Waals surface area contributed by atoms with Crippen LogP contribution in [0.3, 0.4) is 0 Å². The standard InChI is InChI=1S/C16H30O3/c1-17-16(19-13-15-5-2-3-6-15)7-4-11-18-12-10-14-8-9-14/h14-16H,2-13H2,1H3. The Morgan fingerprint density at radius 3 is 2.47 bits per heavy atom. The first kappa shape index (κ1) is 15.3. The SMILES string of the molecule is COC(CCCOCCC1CC1)OCC1CCCC1. The average Bonchev–Trinajstić information content (AvgIpc) is 3.11. The fourth-order valence-electron chi connectivity index (χ4n) is 2.80. The maximum absolute atomic E-state index is 5.85. The Bertz CT molecular complexity index is 222. The summed E-state index contributed by atoms with van der Waals surface area (Å²) >= 11 is 0. The van der Waals surface area contributed by atoms with Crippen LogP contribution < -0.4 is 0 Å². The molecule has 0 aromatic heterocycles. The number of hydrogen-bond donors (Lipinski definition) is 0. The molecule has 0 saturated heterocycles. The van der Waals surface area contributed by atoms with E-state index in [1.54, 1.807) is 7.11 Å². The minimum atomic E-state index is -0.0346. The molecule has 1 atom stereocenters. The summed E-state index contributed by atoms with van der Waals surface area (Å²) < 4.78 is 16.9. The third-order valence-corrected chi connectivity index (χ3v) is 4.35. The number of rotatable bonds is 11. The molecule has 2 fully saturated rings. The molecule has 19 heavy (non-hydrogen) atoms. The van der Waals surface area contributed by atoms with E-state index in [1.807, 2.05) is 0 Å². The summed E-state index contributed by atoms with van der Waals surface area (Å²) in [5.41, 5.74) is 0. The summed E-state index contributed by atoms with van der Waals surface area (Å²) in [4.78, 5) is 0. The summed E-state index contributed by atoms with van der Waals surface area (Å²) in [5, 5.41) is 0. The van der Waals surface area contributed by atoms with Gasteiger partial charge in [0, 0.05) is 26.7 Å². The molecule has 3 heteroatoms. The molecule has 2 rings (SSSR count). The lowest BCUT2D eigenvalue weighted by Gasteiger charge is -2.18. The van der Waals surface area contributed by atoms with Gasteiger partial charge in [0.25, 0.3) is 0 Å². The molecule has 0 radical (unpaired) electrons. The van der Waals surface area contributed by atoms with Crippen LogP contribution in [-0.2, 0) is 14.2 Å². The fraction of sp³-hybridized carbons (Fsp3) is 1.00. The van der Waals surface area contributed by atoms with Crippen LogP contribution in [0.15, 0.2) is 0 Å². The molecule has 0 aliphatic heterocycles. The molecular weight excluding hydrogens is 240 g/mol. The molecule has 0 heterocycles. The highest BCUT2D eigenvalue weighted by atomic mass is 16.7. The molecule has 2 saturated carbocycles. The molecule has 3 nitrogen and oxygen atoms in total. The van der Waals surface area contributed by atoms with Crippen LogP contribution in [0.2, 0.25) is 0 Å². The summed E-state index contributed by atoms with van der Waals surface area (Å²) in [6, 6.07) is 0. The normalized spacial score (nSPS) is 21.9. The summed E-state index contributed by atoms with van der Waals surface area (Å²) in [6.07, 6.45) is 11.5. The van der Waals surface area contributed by atoms with Crippen molar-refractivity contribution in [2.45, 2.75) is 64.1 Å². The lowest BCUT2D eigenvalue weighted by Crippen LogP contribution is -2.19. The van der Waals surface area contributed by atoms with Gasteiger partial charge in [-0.1, -0.05) is 25.7 Å². The monoisotopic (exact) mass is 270 g/mol. The first-order valence-corrected chi connectivity index (χ1v) is 8.10. The van der Waals surface area contributed by atoms with Gasteiger partial charge in [-0.05, 0) is 37.5 Å². The molecule has 0 N–H and O–H groups in total. The van der Waals surface area contributed by atoms with Gasteiger partial charge < -0.3 is 14.2 Å². The first-order valence-electron chi connectivity index (χ1n) is 8.10. The fourth-order valence-corrected chi connectivity index (χ4v) is 2.80. The van der Waals surface area contributed by atoms with Gasteiger partial charge in [0.15, 0.2) is 6.29 Å². The molecule has 0 amide bonds. The third-order valence-electron chi connectivity index (χ3n) is 4.35. The van der Waals surface area contributed by atoms with Crippen molar-refractivity contribution in [2.24, 2.45) is 11.8 Å². The van der Waals surface area contributed by atoms with Gasteiger partial charge in [-0.2, -0.15) is 0 Å². The topological polar surface area (TPSA) is 27.7 Å². The van der Waals surface area contributed by atoms with Crippen molar-refractivity contribution in [3.63, 3.8) is 0 Å². The second kappa shape index (κ2) is 8.93. The quantitative estimate of drug-likeness (QED) is 0.422. The zero-order chi connectivity index (χ0) is 13.3. The van der Waals surface area contributed by atoms with Gasteiger partial charge in [0.1, 0.15) is 0 Å². The van der Waals surface area contributed by atoms with E-state index >= 15 is 0 Å². The largest absolute Gasteiger partial charge is 0.381 e. The van der Waals surface area contributed by atoms with Crippen molar-refractivity contribution in [3.05, 3.63) is 0 Å². The van der Waals surface area contributed by atoms with Gasteiger partial charge >= 0.3 is 0 Å². The van der Waals surface area contributed by atoms with Gasteiger partial charge in [-0.3, -0.25) is 0 Å². The van der Waals surface area contributed by atoms with Crippen LogP contribution in [0.4, 0.5) is 0 Å². The molecule has 2 aliphatic rings. The molecule has 0 spiro atoms. The number of methoxy groups -OCH3 is 1. The zero-order valence-electron chi connectivity index (χ0n) is 12.4. The van der Waals surface area contributed by atoms with Crippen molar-refractivity contribution >= 4 is 0 Å². The van der Waals surface area contributed by atoms with Crippen LogP contribution in [-0.4, -0.2) is 33.2 Å². The van der Waals surface area contributed by atoms with Gasteiger partial charge in [0.2, 0.25) is 0 Å². The highest BCUT2D eigenvalue weighted by molar-refractivity contribution is 4.72. The van der Waals surface area contributed by atoms with E-state index in [9.17, 15) is 0 Å². The van der Waals surface area contributed by atoms with E-state index in [0.29, 0.717) is 0 Å². The van der Waals surface area contributed by atoms with E-state index < -0.39 is 0 Å². The molecule has 0 bridgehead atoms. The number of hydrogen-bond acceptors (Lipinski definition) is 3. The van der Waals surface area contributed by atoms with Crippen molar-refractivity contribution < 1.29 is 14.2 Å². The van der Waals surface area contributed by atoms with E-state index in [-0.39, 0.29) is 6.29 Å². The Kier molecular flexibility index (Phi) is 7.18.